The molecule has 0 aromatic heterocycles. The number of rotatable bonds is 15. The van der Waals surface area contributed by atoms with Crippen molar-refractivity contribution in [1.29, 1.82) is 0 Å². The van der Waals surface area contributed by atoms with Crippen LogP contribution in [0.3, 0.4) is 0 Å². The number of carbonyl (C=O) groups excluding carboxylic acids is 4. The van der Waals surface area contributed by atoms with Crippen molar-refractivity contribution in [3.63, 3.8) is 0 Å². The predicted molar refractivity (Wildman–Crippen MR) is 158 cm³/mol. The lowest BCUT2D eigenvalue weighted by molar-refractivity contribution is -0.757. The van der Waals surface area contributed by atoms with Crippen molar-refractivity contribution in [2.24, 2.45) is 28.6 Å². The number of halogens is 1. The number of esters is 1. The summed E-state index contributed by atoms with van der Waals surface area (Å²) < 4.78 is 33.7. The van der Waals surface area contributed by atoms with Gasteiger partial charge in [-0.15, -0.1) is 20.2 Å². The molecule has 17 heteroatoms. The Kier molecular flexibility index (Phi) is 10.8. The van der Waals surface area contributed by atoms with Crippen LogP contribution in [0.4, 0.5) is 9.18 Å². The second kappa shape index (κ2) is 14.1. The number of fused-ring (bicyclic) bond motifs is 5. The van der Waals surface area contributed by atoms with Crippen LogP contribution in [0, 0.1) is 48.8 Å². The SMILES string of the molecule is C[C@@H]1CC2C3CC=C4CC(=O)C=C[C@]4(C)[C@@]3(F)[C@@H](O)C[C@]2(C)[C@@]1(OC(=O)CCCO[N+](=O)[O-])C(=O)COC(=O)OCCCCO[N+](=O)[O-]. The molecule has 2 fully saturated rings. The minimum atomic E-state index is -2.22. The third-order valence-electron chi connectivity index (χ3n) is 10.8. The number of allylic oxidation sites excluding steroid dienone is 4. The van der Waals surface area contributed by atoms with Gasteiger partial charge in [-0.2, -0.15) is 0 Å². The zero-order valence-corrected chi connectivity index (χ0v) is 27.1. The highest BCUT2D eigenvalue weighted by molar-refractivity contribution is 5.94. The first-order valence-corrected chi connectivity index (χ1v) is 15.9. The Morgan fingerprint density at radius 2 is 1.67 bits per heavy atom. The van der Waals surface area contributed by atoms with E-state index in [-0.39, 0.29) is 70.4 Å². The van der Waals surface area contributed by atoms with Gasteiger partial charge in [0, 0.05) is 35.5 Å². The van der Waals surface area contributed by atoms with Gasteiger partial charge < -0.3 is 29.0 Å². The lowest BCUT2D eigenvalue weighted by Gasteiger charge is -2.62. The number of Topliss-reactive ketones (excluding diaryl/α,β-unsaturated/α-hetero) is 1. The van der Waals surface area contributed by atoms with E-state index in [2.05, 4.69) is 9.68 Å². The Hall–Kier alpha value is -4.15. The van der Waals surface area contributed by atoms with Gasteiger partial charge in [-0.05, 0) is 57.4 Å². The molecular formula is C31H41FN2O14. The van der Waals surface area contributed by atoms with E-state index in [4.69, 9.17) is 14.2 Å². The maximum absolute atomic E-state index is 17.6. The summed E-state index contributed by atoms with van der Waals surface area (Å²) in [5.74, 6) is -4.06. The van der Waals surface area contributed by atoms with Crippen molar-refractivity contribution in [3.8, 4) is 0 Å². The summed E-state index contributed by atoms with van der Waals surface area (Å²) in [4.78, 5) is 81.2. The fourth-order valence-corrected chi connectivity index (χ4v) is 8.66. The largest absolute Gasteiger partial charge is 0.508 e. The van der Waals surface area contributed by atoms with E-state index >= 15 is 4.39 Å². The number of carbonyl (C=O) groups is 4. The first-order chi connectivity index (χ1) is 22.5. The number of nitrogens with zero attached hydrogens (tertiary/aromatic N) is 2. The number of ketones is 2. The lowest BCUT2D eigenvalue weighted by Crippen LogP contribution is -2.69. The van der Waals surface area contributed by atoms with Crippen LogP contribution >= 0.6 is 0 Å². The van der Waals surface area contributed by atoms with E-state index in [1.54, 1.807) is 20.8 Å². The Bertz CT molecular complexity index is 1390. The maximum Gasteiger partial charge on any atom is 0.508 e. The van der Waals surface area contributed by atoms with Gasteiger partial charge in [0.15, 0.2) is 23.7 Å². The zero-order valence-electron chi connectivity index (χ0n) is 27.1. The Balaban J connectivity index is 1.59. The molecule has 0 aliphatic heterocycles. The number of aliphatic hydroxyl groups is 1. The highest BCUT2D eigenvalue weighted by atomic mass is 19.1. The molecule has 4 rings (SSSR count). The minimum Gasteiger partial charge on any atom is -0.450 e. The fourth-order valence-electron chi connectivity index (χ4n) is 8.66. The van der Waals surface area contributed by atoms with Crippen LogP contribution in [0.2, 0.25) is 0 Å². The van der Waals surface area contributed by atoms with Crippen LogP contribution in [0.15, 0.2) is 23.8 Å². The molecule has 0 aromatic carbocycles. The molecule has 48 heavy (non-hydrogen) atoms. The number of unbranched alkanes of at least 4 members (excludes halogenated alkanes) is 1. The molecule has 266 valence electrons. The van der Waals surface area contributed by atoms with Gasteiger partial charge in [0.05, 0.1) is 25.9 Å². The van der Waals surface area contributed by atoms with E-state index < -0.39 is 87.3 Å². The molecule has 16 nitrogen and oxygen atoms in total. The zero-order chi connectivity index (χ0) is 35.5. The first kappa shape index (κ1) is 36.7. The van der Waals surface area contributed by atoms with Crippen molar-refractivity contribution in [2.45, 2.75) is 89.5 Å². The molecule has 8 atom stereocenters. The molecular weight excluding hydrogens is 643 g/mol. The van der Waals surface area contributed by atoms with Gasteiger partial charge in [-0.1, -0.05) is 31.6 Å². The lowest BCUT2D eigenvalue weighted by atomic mass is 9.45. The van der Waals surface area contributed by atoms with Gasteiger partial charge in [0.2, 0.25) is 5.78 Å². The molecule has 0 bridgehead atoms. The van der Waals surface area contributed by atoms with Gasteiger partial charge in [-0.25, -0.2) is 9.18 Å². The third kappa shape index (κ3) is 6.48. The smallest absolute Gasteiger partial charge is 0.450 e. The van der Waals surface area contributed by atoms with E-state index in [0.29, 0.717) is 5.57 Å². The van der Waals surface area contributed by atoms with Gasteiger partial charge >= 0.3 is 12.1 Å². The van der Waals surface area contributed by atoms with Crippen molar-refractivity contribution >= 4 is 23.7 Å². The Labute approximate surface area is 275 Å². The number of alkyl halides is 1. The fraction of sp³-hybridized carbons (Fsp3) is 0.742. The average Bonchev–Trinajstić information content (AvgIpc) is 3.22. The van der Waals surface area contributed by atoms with Gasteiger partial charge in [0.25, 0.3) is 10.2 Å². The van der Waals surface area contributed by atoms with E-state index in [0.717, 1.165) is 0 Å². The van der Waals surface area contributed by atoms with E-state index in [9.17, 15) is 44.5 Å². The highest BCUT2D eigenvalue weighted by Crippen LogP contribution is 2.71. The monoisotopic (exact) mass is 684 g/mol. The standard InChI is InChI=1S/C31H41FN2O14/c1-19-15-23-22-9-8-20-16-21(35)10-11-28(20,2)30(22,32)24(36)17-29(23,3)31(19,48-26(38)7-6-14-47-34(42)43)25(37)18-45-27(39)44-12-4-5-13-46-33(40)41/h8,10-11,19,22-24,36H,4-7,9,12-18H2,1-3H3/t19-,22?,23?,24+,28+,29+,30+,31+/m1/s1. The van der Waals surface area contributed by atoms with E-state index in [1.807, 2.05) is 6.08 Å². The quantitative estimate of drug-likeness (QED) is 0.0857. The molecule has 2 unspecified atom stereocenters. The second-order valence-electron chi connectivity index (χ2n) is 13.3. The third-order valence-corrected chi connectivity index (χ3v) is 10.8. The second-order valence-corrected chi connectivity index (χ2v) is 13.3. The summed E-state index contributed by atoms with van der Waals surface area (Å²) in [5, 5.41) is 30.5. The maximum atomic E-state index is 17.6. The number of ether oxygens (including phenoxy) is 3. The molecule has 0 amide bonds. The molecule has 4 aliphatic rings. The topological polar surface area (TPSA) is 221 Å². The minimum absolute atomic E-state index is 0.0245. The highest BCUT2D eigenvalue weighted by Gasteiger charge is 2.77. The molecule has 0 aromatic rings. The Morgan fingerprint density at radius 1 is 1.02 bits per heavy atom. The number of hydrogen-bond acceptors (Lipinski definition) is 14. The summed E-state index contributed by atoms with van der Waals surface area (Å²) in [6, 6.07) is 0. The predicted octanol–water partition coefficient (Wildman–Crippen LogP) is 3.58. The van der Waals surface area contributed by atoms with Crippen LogP contribution in [0.5, 0.6) is 0 Å². The normalized spacial score (nSPS) is 34.9. The molecule has 4 aliphatic carbocycles. The molecule has 2 saturated carbocycles. The first-order valence-electron chi connectivity index (χ1n) is 15.9. The van der Waals surface area contributed by atoms with Crippen LogP contribution in [-0.4, -0.2) is 82.8 Å². The molecule has 0 spiro atoms. The molecule has 0 heterocycles. The summed E-state index contributed by atoms with van der Waals surface area (Å²) in [7, 11) is 0. The van der Waals surface area contributed by atoms with Crippen LogP contribution < -0.4 is 0 Å². The van der Waals surface area contributed by atoms with Gasteiger partial charge in [0.1, 0.15) is 0 Å². The van der Waals surface area contributed by atoms with Crippen LogP contribution in [0.1, 0.15) is 72.1 Å². The number of aliphatic hydroxyl groups excluding tert-OH is 1. The summed E-state index contributed by atoms with van der Waals surface area (Å²) in [6.45, 7) is 3.29. The van der Waals surface area contributed by atoms with Gasteiger partial charge in [-0.3, -0.25) is 14.4 Å². The molecule has 1 N–H and O–H groups in total. The summed E-state index contributed by atoms with van der Waals surface area (Å²) >= 11 is 0. The number of hydrogen-bond donors (Lipinski definition) is 1. The molecule has 0 radical (unpaired) electrons. The van der Waals surface area contributed by atoms with Crippen LogP contribution in [-0.2, 0) is 38.3 Å². The average molecular weight is 685 g/mol. The van der Waals surface area contributed by atoms with Crippen molar-refractivity contribution in [2.75, 3.05) is 26.4 Å². The summed E-state index contributed by atoms with van der Waals surface area (Å²) in [5.41, 5.74) is -6.28. The van der Waals surface area contributed by atoms with E-state index in [1.165, 1.54) is 12.2 Å². The molecule has 0 saturated heterocycles. The Morgan fingerprint density at radius 3 is 2.33 bits per heavy atom. The van der Waals surface area contributed by atoms with Crippen molar-refractivity contribution < 1.29 is 62.7 Å². The van der Waals surface area contributed by atoms with Crippen molar-refractivity contribution in [3.05, 3.63) is 44.0 Å². The van der Waals surface area contributed by atoms with Crippen molar-refractivity contribution in [1.82, 2.24) is 0 Å². The van der Waals surface area contributed by atoms with Crippen LogP contribution in [0.25, 0.3) is 0 Å². The summed E-state index contributed by atoms with van der Waals surface area (Å²) in [6.07, 6.45) is 1.82.